The van der Waals surface area contributed by atoms with Gasteiger partial charge in [0.15, 0.2) is 0 Å². The number of hydrazone groups is 1. The molecular weight excluding hydrogens is 351 g/mol. The molecule has 4 rings (SSSR count). The Labute approximate surface area is 153 Å². The van der Waals surface area contributed by atoms with E-state index >= 15 is 0 Å². The zero-order valence-electron chi connectivity index (χ0n) is 14.0. The Hall–Kier alpha value is -2.99. The number of fused-ring (bicyclic) bond motifs is 3. The van der Waals surface area contributed by atoms with E-state index in [1.807, 2.05) is 30.3 Å². The second kappa shape index (κ2) is 6.72. The predicted molar refractivity (Wildman–Crippen MR) is 100 cm³/mol. The van der Waals surface area contributed by atoms with Gasteiger partial charge in [-0.3, -0.25) is 4.79 Å². The SMILES string of the molecule is C/C(=N\NC(=O)c1cc2c(s1)-c1ccccc1OC2)c1ccc(F)cc1. The summed E-state index contributed by atoms with van der Waals surface area (Å²) in [6.45, 7) is 2.21. The van der Waals surface area contributed by atoms with Crippen molar-refractivity contribution in [3.8, 4) is 16.2 Å². The van der Waals surface area contributed by atoms with Crippen LogP contribution in [-0.2, 0) is 6.61 Å². The maximum Gasteiger partial charge on any atom is 0.281 e. The lowest BCUT2D eigenvalue weighted by molar-refractivity contribution is 0.0959. The first kappa shape index (κ1) is 16.5. The second-order valence-electron chi connectivity index (χ2n) is 5.89. The van der Waals surface area contributed by atoms with Gasteiger partial charge >= 0.3 is 0 Å². The van der Waals surface area contributed by atoms with Crippen LogP contribution in [0.4, 0.5) is 4.39 Å². The molecular formula is C20H15FN2O2S. The van der Waals surface area contributed by atoms with Crippen molar-refractivity contribution < 1.29 is 13.9 Å². The Kier molecular flexibility index (Phi) is 4.26. The summed E-state index contributed by atoms with van der Waals surface area (Å²) in [4.78, 5) is 14.1. The van der Waals surface area contributed by atoms with Crippen molar-refractivity contribution in [2.75, 3.05) is 0 Å². The predicted octanol–water partition coefficient (Wildman–Crippen LogP) is 4.60. The van der Waals surface area contributed by atoms with E-state index in [4.69, 9.17) is 4.74 Å². The van der Waals surface area contributed by atoms with Gasteiger partial charge in [-0.2, -0.15) is 5.10 Å². The lowest BCUT2D eigenvalue weighted by Gasteiger charge is -2.16. The van der Waals surface area contributed by atoms with Crippen LogP contribution in [-0.4, -0.2) is 11.6 Å². The monoisotopic (exact) mass is 366 g/mol. The van der Waals surface area contributed by atoms with Crippen molar-refractivity contribution in [2.45, 2.75) is 13.5 Å². The number of nitrogens with one attached hydrogen (secondary N) is 1. The van der Waals surface area contributed by atoms with Crippen LogP contribution < -0.4 is 10.2 Å². The minimum Gasteiger partial charge on any atom is -0.488 e. The standard InChI is InChI=1S/C20H15FN2O2S/c1-12(13-6-8-15(21)9-7-13)22-23-20(24)18-10-14-11-25-17-5-3-2-4-16(17)19(14)26-18/h2-10H,11H2,1H3,(H,23,24)/b22-12+. The molecule has 0 aliphatic carbocycles. The molecule has 6 heteroatoms. The molecule has 0 radical (unpaired) electrons. The number of halogens is 1. The number of carbonyl (C=O) groups is 1. The van der Waals surface area contributed by atoms with E-state index in [1.165, 1.54) is 23.5 Å². The molecule has 2 heterocycles. The molecule has 0 unspecified atom stereocenters. The van der Waals surface area contributed by atoms with Crippen LogP contribution in [0.15, 0.2) is 59.7 Å². The molecule has 1 aliphatic rings. The Morgan fingerprint density at radius 2 is 1.96 bits per heavy atom. The van der Waals surface area contributed by atoms with E-state index in [2.05, 4.69) is 10.5 Å². The first-order valence-corrected chi connectivity index (χ1v) is 8.89. The van der Waals surface area contributed by atoms with Gasteiger partial charge in [0.25, 0.3) is 5.91 Å². The molecule has 0 saturated heterocycles. The van der Waals surface area contributed by atoms with Gasteiger partial charge in [0.05, 0.1) is 10.6 Å². The van der Waals surface area contributed by atoms with E-state index < -0.39 is 0 Å². The number of benzene rings is 2. The van der Waals surface area contributed by atoms with Gasteiger partial charge in [0.2, 0.25) is 0 Å². The summed E-state index contributed by atoms with van der Waals surface area (Å²) in [5.41, 5.74) is 5.93. The number of amides is 1. The van der Waals surface area contributed by atoms with E-state index in [-0.39, 0.29) is 11.7 Å². The fourth-order valence-electron chi connectivity index (χ4n) is 2.76. The van der Waals surface area contributed by atoms with Crippen LogP contribution in [0.2, 0.25) is 0 Å². The van der Waals surface area contributed by atoms with Crippen molar-refractivity contribution in [3.05, 3.63) is 76.4 Å². The van der Waals surface area contributed by atoms with Gasteiger partial charge in [0, 0.05) is 16.0 Å². The molecule has 1 aliphatic heterocycles. The zero-order valence-corrected chi connectivity index (χ0v) is 14.8. The first-order valence-electron chi connectivity index (χ1n) is 8.07. The average molecular weight is 366 g/mol. The molecule has 4 nitrogen and oxygen atoms in total. The maximum atomic E-state index is 13.0. The van der Waals surface area contributed by atoms with Crippen LogP contribution in [0, 0.1) is 5.82 Å². The fourth-order valence-corrected chi connectivity index (χ4v) is 3.84. The molecule has 130 valence electrons. The smallest absolute Gasteiger partial charge is 0.281 e. The molecule has 1 aromatic heterocycles. The largest absolute Gasteiger partial charge is 0.488 e. The van der Waals surface area contributed by atoms with Crippen LogP contribution in [0.25, 0.3) is 10.4 Å². The number of hydrogen-bond donors (Lipinski definition) is 1. The minimum absolute atomic E-state index is 0.275. The van der Waals surface area contributed by atoms with Crippen molar-refractivity contribution in [2.24, 2.45) is 5.10 Å². The van der Waals surface area contributed by atoms with Gasteiger partial charge in [-0.1, -0.05) is 24.3 Å². The van der Waals surface area contributed by atoms with Crippen molar-refractivity contribution in [3.63, 3.8) is 0 Å². The summed E-state index contributed by atoms with van der Waals surface area (Å²) in [6, 6.07) is 15.6. The third kappa shape index (κ3) is 3.11. The van der Waals surface area contributed by atoms with E-state index in [1.54, 1.807) is 19.1 Å². The van der Waals surface area contributed by atoms with Gasteiger partial charge in [-0.15, -0.1) is 11.3 Å². The molecule has 0 fully saturated rings. The van der Waals surface area contributed by atoms with Gasteiger partial charge < -0.3 is 4.74 Å². The molecule has 1 N–H and O–H groups in total. The highest BCUT2D eigenvalue weighted by Crippen LogP contribution is 2.42. The zero-order chi connectivity index (χ0) is 18.1. The van der Waals surface area contributed by atoms with Crippen molar-refractivity contribution >= 4 is 23.0 Å². The summed E-state index contributed by atoms with van der Waals surface area (Å²) in [6.07, 6.45) is 0. The lowest BCUT2D eigenvalue weighted by atomic mass is 10.1. The molecule has 0 saturated carbocycles. The normalized spacial score (nSPS) is 12.8. The number of thiophene rings is 1. The maximum absolute atomic E-state index is 13.0. The number of carbonyl (C=O) groups excluding carboxylic acids is 1. The fraction of sp³-hybridized carbons (Fsp3) is 0.100. The topological polar surface area (TPSA) is 50.7 Å². The third-order valence-corrected chi connectivity index (χ3v) is 5.34. The minimum atomic E-state index is -0.308. The van der Waals surface area contributed by atoms with Crippen molar-refractivity contribution in [1.29, 1.82) is 0 Å². The van der Waals surface area contributed by atoms with Crippen LogP contribution in [0.5, 0.6) is 5.75 Å². The first-order chi connectivity index (χ1) is 12.6. The molecule has 26 heavy (non-hydrogen) atoms. The number of para-hydroxylation sites is 1. The summed E-state index contributed by atoms with van der Waals surface area (Å²) >= 11 is 1.42. The van der Waals surface area contributed by atoms with Gasteiger partial charge in [0.1, 0.15) is 18.2 Å². The third-order valence-electron chi connectivity index (χ3n) is 4.13. The Morgan fingerprint density at radius 1 is 1.19 bits per heavy atom. The Morgan fingerprint density at radius 3 is 2.77 bits per heavy atom. The average Bonchev–Trinajstić information content (AvgIpc) is 3.11. The highest BCUT2D eigenvalue weighted by atomic mass is 32.1. The Bertz CT molecular complexity index is 1010. The quantitative estimate of drug-likeness (QED) is 0.544. The molecule has 1 amide bonds. The Balaban J connectivity index is 1.54. The molecule has 2 aromatic carbocycles. The van der Waals surface area contributed by atoms with E-state index in [0.29, 0.717) is 17.2 Å². The van der Waals surface area contributed by atoms with E-state index in [9.17, 15) is 9.18 Å². The number of ether oxygens (including phenoxy) is 1. The second-order valence-corrected chi connectivity index (χ2v) is 6.95. The number of nitrogens with zero attached hydrogens (tertiary/aromatic N) is 1. The summed E-state index contributed by atoms with van der Waals surface area (Å²) in [5.74, 6) is 0.250. The van der Waals surface area contributed by atoms with Crippen LogP contribution >= 0.6 is 11.3 Å². The molecule has 0 spiro atoms. The summed E-state index contributed by atoms with van der Waals surface area (Å²) in [5, 5.41) is 4.12. The number of hydrogen-bond acceptors (Lipinski definition) is 4. The highest BCUT2D eigenvalue weighted by Gasteiger charge is 2.22. The molecule has 0 atom stereocenters. The highest BCUT2D eigenvalue weighted by molar-refractivity contribution is 7.17. The van der Waals surface area contributed by atoms with E-state index in [0.717, 1.165) is 27.3 Å². The molecule has 0 bridgehead atoms. The van der Waals surface area contributed by atoms with Gasteiger partial charge in [-0.05, 0) is 42.8 Å². The lowest BCUT2D eigenvalue weighted by Crippen LogP contribution is -2.18. The number of rotatable bonds is 3. The summed E-state index contributed by atoms with van der Waals surface area (Å²) in [7, 11) is 0. The molecule has 3 aromatic rings. The summed E-state index contributed by atoms with van der Waals surface area (Å²) < 4.78 is 18.7. The van der Waals surface area contributed by atoms with Crippen molar-refractivity contribution in [1.82, 2.24) is 5.43 Å². The van der Waals surface area contributed by atoms with Crippen LogP contribution in [0.1, 0.15) is 27.7 Å². The van der Waals surface area contributed by atoms with Crippen LogP contribution in [0.3, 0.4) is 0 Å². The van der Waals surface area contributed by atoms with Gasteiger partial charge in [-0.25, -0.2) is 9.82 Å².